The van der Waals surface area contributed by atoms with Crippen LogP contribution in [0.1, 0.15) is 41.0 Å². The van der Waals surface area contributed by atoms with Gasteiger partial charge >= 0.3 is 0 Å². The van der Waals surface area contributed by atoms with Crippen molar-refractivity contribution in [1.82, 2.24) is 5.32 Å². The summed E-state index contributed by atoms with van der Waals surface area (Å²) in [4.78, 5) is 1.35. The summed E-state index contributed by atoms with van der Waals surface area (Å²) in [5.41, 5.74) is 3.96. The second-order valence-corrected chi connectivity index (χ2v) is 7.63. The standard InChI is InChI=1S/C16H19Br2NS/c1-4-6-19-15(16-13(17)5-7-20-16)12-8-11(3)14(18)9-10(12)2/h5,7-9,15,19H,4,6H2,1-3H3. The van der Waals surface area contributed by atoms with Gasteiger partial charge in [0.1, 0.15) is 0 Å². The summed E-state index contributed by atoms with van der Waals surface area (Å²) in [5, 5.41) is 5.82. The number of hydrogen-bond acceptors (Lipinski definition) is 2. The second-order valence-electron chi connectivity index (χ2n) is 4.98. The van der Waals surface area contributed by atoms with E-state index in [2.05, 4.69) is 81.5 Å². The quantitative estimate of drug-likeness (QED) is 0.632. The van der Waals surface area contributed by atoms with E-state index in [0.717, 1.165) is 13.0 Å². The lowest BCUT2D eigenvalue weighted by Gasteiger charge is -2.21. The second kappa shape index (κ2) is 7.21. The number of nitrogens with one attached hydrogen (secondary N) is 1. The molecule has 0 aliphatic rings. The fourth-order valence-electron chi connectivity index (χ4n) is 2.26. The van der Waals surface area contributed by atoms with Crippen LogP contribution in [0.25, 0.3) is 0 Å². The maximum Gasteiger partial charge on any atom is 0.0685 e. The van der Waals surface area contributed by atoms with E-state index in [-0.39, 0.29) is 6.04 Å². The Morgan fingerprint density at radius 1 is 1.15 bits per heavy atom. The van der Waals surface area contributed by atoms with Gasteiger partial charge in [0.15, 0.2) is 0 Å². The molecule has 1 atom stereocenters. The van der Waals surface area contributed by atoms with E-state index in [4.69, 9.17) is 0 Å². The monoisotopic (exact) mass is 415 g/mol. The molecule has 1 aromatic heterocycles. The van der Waals surface area contributed by atoms with Gasteiger partial charge in [-0.15, -0.1) is 11.3 Å². The molecular formula is C16H19Br2NS. The fourth-order valence-corrected chi connectivity index (χ4v) is 4.41. The van der Waals surface area contributed by atoms with Crippen LogP contribution >= 0.6 is 43.2 Å². The summed E-state index contributed by atoms with van der Waals surface area (Å²) in [6, 6.07) is 6.89. The zero-order valence-electron chi connectivity index (χ0n) is 12.0. The molecule has 0 amide bonds. The molecule has 0 radical (unpaired) electrons. The molecule has 0 saturated carbocycles. The fraction of sp³-hybridized carbons (Fsp3) is 0.375. The summed E-state index contributed by atoms with van der Waals surface area (Å²) >= 11 is 9.09. The Morgan fingerprint density at radius 2 is 1.90 bits per heavy atom. The van der Waals surface area contributed by atoms with Crippen molar-refractivity contribution in [3.63, 3.8) is 0 Å². The Kier molecular flexibility index (Phi) is 5.84. The van der Waals surface area contributed by atoms with Crippen LogP contribution in [0.2, 0.25) is 0 Å². The largest absolute Gasteiger partial charge is 0.306 e. The molecule has 4 heteroatoms. The molecule has 108 valence electrons. The number of rotatable bonds is 5. The van der Waals surface area contributed by atoms with Gasteiger partial charge in [-0.2, -0.15) is 0 Å². The Morgan fingerprint density at radius 3 is 2.50 bits per heavy atom. The third-order valence-corrected chi connectivity index (χ3v) is 6.15. The zero-order valence-corrected chi connectivity index (χ0v) is 16.0. The Labute approximate surface area is 142 Å². The Balaban J connectivity index is 2.46. The maximum atomic E-state index is 3.68. The summed E-state index contributed by atoms with van der Waals surface area (Å²) in [6.45, 7) is 7.55. The third kappa shape index (κ3) is 3.53. The van der Waals surface area contributed by atoms with Gasteiger partial charge in [-0.25, -0.2) is 0 Å². The predicted molar refractivity (Wildman–Crippen MR) is 95.8 cm³/mol. The normalized spacial score (nSPS) is 12.7. The van der Waals surface area contributed by atoms with Crippen molar-refractivity contribution >= 4 is 43.2 Å². The van der Waals surface area contributed by atoms with Crippen LogP contribution < -0.4 is 5.32 Å². The molecule has 0 fully saturated rings. The Hall–Kier alpha value is -0.160. The van der Waals surface area contributed by atoms with Gasteiger partial charge in [-0.1, -0.05) is 28.9 Å². The van der Waals surface area contributed by atoms with Gasteiger partial charge in [-0.05, 0) is 76.9 Å². The molecular weight excluding hydrogens is 398 g/mol. The van der Waals surface area contributed by atoms with Crippen molar-refractivity contribution in [2.75, 3.05) is 6.54 Å². The van der Waals surface area contributed by atoms with Crippen molar-refractivity contribution < 1.29 is 0 Å². The molecule has 0 aliphatic heterocycles. The highest BCUT2D eigenvalue weighted by atomic mass is 79.9. The van der Waals surface area contributed by atoms with E-state index in [1.54, 1.807) is 11.3 Å². The minimum absolute atomic E-state index is 0.260. The highest BCUT2D eigenvalue weighted by Gasteiger charge is 2.20. The molecule has 2 rings (SSSR count). The van der Waals surface area contributed by atoms with Gasteiger partial charge in [0.2, 0.25) is 0 Å². The van der Waals surface area contributed by atoms with Gasteiger partial charge in [0.05, 0.1) is 6.04 Å². The van der Waals surface area contributed by atoms with Crippen LogP contribution in [0.3, 0.4) is 0 Å². The number of aryl methyl sites for hydroxylation is 2. The molecule has 1 unspecified atom stereocenters. The van der Waals surface area contributed by atoms with Crippen molar-refractivity contribution in [3.05, 3.63) is 54.1 Å². The first-order chi connectivity index (χ1) is 9.54. The first-order valence-electron chi connectivity index (χ1n) is 6.77. The summed E-state index contributed by atoms with van der Waals surface area (Å²) < 4.78 is 2.37. The average Bonchev–Trinajstić information content (AvgIpc) is 2.82. The van der Waals surface area contributed by atoms with Crippen LogP contribution in [0.15, 0.2) is 32.5 Å². The van der Waals surface area contributed by atoms with Gasteiger partial charge in [-0.3, -0.25) is 0 Å². The highest BCUT2D eigenvalue weighted by Crippen LogP contribution is 2.36. The number of halogens is 2. The molecule has 0 bridgehead atoms. The molecule has 1 heterocycles. The molecule has 2 aromatic rings. The smallest absolute Gasteiger partial charge is 0.0685 e. The first-order valence-corrected chi connectivity index (χ1v) is 9.24. The lowest BCUT2D eigenvalue weighted by Crippen LogP contribution is -2.23. The summed E-state index contributed by atoms with van der Waals surface area (Å²) in [6.07, 6.45) is 1.13. The van der Waals surface area contributed by atoms with Crippen molar-refractivity contribution in [2.24, 2.45) is 0 Å². The minimum atomic E-state index is 0.260. The number of hydrogen-bond donors (Lipinski definition) is 1. The van der Waals surface area contributed by atoms with Crippen LogP contribution in [0.5, 0.6) is 0 Å². The minimum Gasteiger partial charge on any atom is -0.306 e. The topological polar surface area (TPSA) is 12.0 Å². The van der Waals surface area contributed by atoms with Gasteiger partial charge in [0.25, 0.3) is 0 Å². The number of benzene rings is 1. The van der Waals surface area contributed by atoms with Crippen molar-refractivity contribution in [3.8, 4) is 0 Å². The van der Waals surface area contributed by atoms with Crippen LogP contribution in [0, 0.1) is 13.8 Å². The molecule has 1 N–H and O–H groups in total. The lowest BCUT2D eigenvalue weighted by atomic mass is 9.97. The molecule has 0 aliphatic carbocycles. The molecule has 1 nitrogen and oxygen atoms in total. The molecule has 1 aromatic carbocycles. The average molecular weight is 417 g/mol. The summed E-state index contributed by atoms with van der Waals surface area (Å²) in [7, 11) is 0. The zero-order chi connectivity index (χ0) is 14.7. The van der Waals surface area contributed by atoms with E-state index in [0.29, 0.717) is 0 Å². The third-order valence-electron chi connectivity index (χ3n) is 3.36. The van der Waals surface area contributed by atoms with Crippen LogP contribution in [0.4, 0.5) is 0 Å². The van der Waals surface area contributed by atoms with Gasteiger partial charge in [0, 0.05) is 13.8 Å². The molecule has 0 spiro atoms. The van der Waals surface area contributed by atoms with E-state index >= 15 is 0 Å². The molecule has 0 saturated heterocycles. The highest BCUT2D eigenvalue weighted by molar-refractivity contribution is 9.10. The van der Waals surface area contributed by atoms with Gasteiger partial charge < -0.3 is 5.32 Å². The molecule has 20 heavy (non-hydrogen) atoms. The maximum absolute atomic E-state index is 3.68. The SMILES string of the molecule is CCCNC(c1cc(C)c(Br)cc1C)c1sccc1Br. The number of thiophene rings is 1. The lowest BCUT2D eigenvalue weighted by molar-refractivity contribution is 0.602. The van der Waals surface area contributed by atoms with E-state index in [1.165, 1.54) is 30.5 Å². The van der Waals surface area contributed by atoms with Crippen molar-refractivity contribution in [2.45, 2.75) is 33.2 Å². The van der Waals surface area contributed by atoms with Crippen LogP contribution in [-0.4, -0.2) is 6.54 Å². The van der Waals surface area contributed by atoms with E-state index < -0.39 is 0 Å². The van der Waals surface area contributed by atoms with Crippen molar-refractivity contribution in [1.29, 1.82) is 0 Å². The van der Waals surface area contributed by atoms with E-state index in [9.17, 15) is 0 Å². The summed E-state index contributed by atoms with van der Waals surface area (Å²) in [5.74, 6) is 0. The predicted octanol–water partition coefficient (Wildman–Crippen LogP) is 5.98. The van der Waals surface area contributed by atoms with Crippen LogP contribution in [-0.2, 0) is 0 Å². The van der Waals surface area contributed by atoms with E-state index in [1.807, 2.05) is 0 Å². The first kappa shape index (κ1) is 16.2. The Bertz CT molecular complexity index is 592.